The Hall–Kier alpha value is -3.01. The highest BCUT2D eigenvalue weighted by Crippen LogP contribution is 2.34. The number of hydrogen-bond donors (Lipinski definition) is 1. The first-order valence-electron chi connectivity index (χ1n) is 12.7. The van der Waals surface area contributed by atoms with Crippen LogP contribution in [0.3, 0.4) is 0 Å². The smallest absolute Gasteiger partial charge is 0.270 e. The molecular weight excluding hydrogens is 468 g/mol. The summed E-state index contributed by atoms with van der Waals surface area (Å²) in [5.74, 6) is -2.31. The molecule has 3 heterocycles. The number of nitrogens with zero attached hydrogens (tertiary/aromatic N) is 4. The van der Waals surface area contributed by atoms with Crippen LogP contribution in [0.1, 0.15) is 57.4 Å². The lowest BCUT2D eigenvalue weighted by molar-refractivity contribution is -0.142. The van der Waals surface area contributed by atoms with Gasteiger partial charge in [0.2, 0.25) is 11.8 Å². The topological polar surface area (TPSA) is 95.5 Å². The monoisotopic (exact) mass is 499 g/mol. The standard InChI is InChI=1S/C26H31F2N5O3/c1-26(27,28)17-2-7-22-21(11-17)25(31-15-30-22)29-12-20(34)10-16-13-32(14-16)18-3-5-19(6-4-18)33-23(35)8-9-24(33)36/h2,7,11,15-16,18-19H,3-6,8-10,12-14H2,1H3,(H,29,30,31). The van der Waals surface area contributed by atoms with Gasteiger partial charge in [0.05, 0.1) is 12.1 Å². The zero-order chi connectivity index (χ0) is 25.4. The predicted octanol–water partition coefficient (Wildman–Crippen LogP) is 3.50. The van der Waals surface area contributed by atoms with Crippen molar-refractivity contribution in [2.75, 3.05) is 25.0 Å². The van der Waals surface area contributed by atoms with Gasteiger partial charge in [-0.2, -0.15) is 0 Å². The Labute approximate surface area is 208 Å². The molecule has 1 aliphatic carbocycles. The predicted molar refractivity (Wildman–Crippen MR) is 129 cm³/mol. The number of hydrogen-bond acceptors (Lipinski definition) is 7. The van der Waals surface area contributed by atoms with Crippen LogP contribution in [0, 0.1) is 5.92 Å². The molecule has 1 aromatic carbocycles. The molecule has 1 saturated carbocycles. The molecule has 2 aromatic rings. The van der Waals surface area contributed by atoms with Crippen LogP contribution in [0.4, 0.5) is 14.6 Å². The molecule has 10 heteroatoms. The van der Waals surface area contributed by atoms with Gasteiger partial charge in [-0.3, -0.25) is 24.2 Å². The molecule has 0 atom stereocenters. The molecule has 0 unspecified atom stereocenters. The molecule has 5 rings (SSSR count). The summed E-state index contributed by atoms with van der Waals surface area (Å²) in [6, 6.07) is 4.75. The van der Waals surface area contributed by atoms with Gasteiger partial charge in [0.15, 0.2) is 5.78 Å². The summed E-state index contributed by atoms with van der Waals surface area (Å²) in [4.78, 5) is 48.8. The number of Topliss-reactive ketones (excluding diaryl/α,β-unsaturated/α-hetero) is 1. The van der Waals surface area contributed by atoms with E-state index < -0.39 is 5.92 Å². The van der Waals surface area contributed by atoms with Crippen LogP contribution in [0.2, 0.25) is 0 Å². The van der Waals surface area contributed by atoms with Gasteiger partial charge in [-0.05, 0) is 43.7 Å². The number of fused-ring (bicyclic) bond motifs is 1. The molecule has 2 aliphatic heterocycles. The van der Waals surface area contributed by atoms with Crippen molar-refractivity contribution in [3.8, 4) is 0 Å². The first-order chi connectivity index (χ1) is 17.2. The van der Waals surface area contributed by atoms with Gasteiger partial charge in [0.1, 0.15) is 12.1 Å². The number of anilines is 1. The van der Waals surface area contributed by atoms with Crippen molar-refractivity contribution >= 4 is 34.3 Å². The van der Waals surface area contributed by atoms with Crippen molar-refractivity contribution in [1.82, 2.24) is 19.8 Å². The van der Waals surface area contributed by atoms with E-state index in [0.29, 0.717) is 47.9 Å². The summed E-state index contributed by atoms with van der Waals surface area (Å²) in [6.07, 6.45) is 6.13. The largest absolute Gasteiger partial charge is 0.362 e. The number of imide groups is 1. The van der Waals surface area contributed by atoms with Crippen LogP contribution in [-0.2, 0) is 20.3 Å². The number of ketones is 1. The number of alkyl halides is 2. The second kappa shape index (κ2) is 9.80. The van der Waals surface area contributed by atoms with Gasteiger partial charge in [-0.1, -0.05) is 6.07 Å². The van der Waals surface area contributed by atoms with Crippen molar-refractivity contribution in [2.24, 2.45) is 5.92 Å². The van der Waals surface area contributed by atoms with E-state index in [9.17, 15) is 23.2 Å². The maximum absolute atomic E-state index is 13.8. The Bertz CT molecular complexity index is 1150. The normalized spacial score (nSPS) is 23.8. The lowest BCUT2D eigenvalue weighted by atomic mass is 9.84. The molecule has 8 nitrogen and oxygen atoms in total. The lowest BCUT2D eigenvalue weighted by Gasteiger charge is -2.47. The average Bonchev–Trinajstić information content (AvgIpc) is 3.16. The highest BCUT2D eigenvalue weighted by atomic mass is 19.3. The minimum absolute atomic E-state index is 0.0294. The van der Waals surface area contributed by atoms with Crippen LogP contribution in [0.15, 0.2) is 24.5 Å². The van der Waals surface area contributed by atoms with Crippen molar-refractivity contribution in [3.05, 3.63) is 30.1 Å². The first-order valence-corrected chi connectivity index (χ1v) is 12.7. The van der Waals surface area contributed by atoms with E-state index in [1.165, 1.54) is 29.4 Å². The maximum atomic E-state index is 13.8. The number of halogens is 2. The number of rotatable bonds is 8. The molecule has 0 bridgehead atoms. The van der Waals surface area contributed by atoms with E-state index in [1.54, 1.807) is 0 Å². The third-order valence-electron chi connectivity index (χ3n) is 7.73. The molecule has 1 N–H and O–H groups in total. The Morgan fingerprint density at radius 3 is 2.39 bits per heavy atom. The summed E-state index contributed by atoms with van der Waals surface area (Å²) in [5, 5.41) is 3.48. The minimum Gasteiger partial charge on any atom is -0.362 e. The number of nitrogens with one attached hydrogen (secondary N) is 1. The summed E-state index contributed by atoms with van der Waals surface area (Å²) < 4.78 is 27.5. The molecule has 0 spiro atoms. The van der Waals surface area contributed by atoms with E-state index in [-0.39, 0.29) is 35.7 Å². The van der Waals surface area contributed by atoms with Gasteiger partial charge in [0, 0.05) is 62.3 Å². The molecule has 0 radical (unpaired) electrons. The fourth-order valence-corrected chi connectivity index (χ4v) is 5.77. The van der Waals surface area contributed by atoms with Crippen molar-refractivity contribution < 1.29 is 23.2 Å². The van der Waals surface area contributed by atoms with Crippen LogP contribution in [0.5, 0.6) is 0 Å². The Kier molecular flexibility index (Phi) is 6.72. The van der Waals surface area contributed by atoms with Gasteiger partial charge in [-0.15, -0.1) is 0 Å². The minimum atomic E-state index is -2.98. The van der Waals surface area contributed by atoms with Crippen molar-refractivity contribution in [3.63, 3.8) is 0 Å². The van der Waals surface area contributed by atoms with Crippen LogP contribution in [0.25, 0.3) is 10.9 Å². The fraction of sp³-hybridized carbons (Fsp3) is 0.577. The highest BCUT2D eigenvalue weighted by molar-refractivity contribution is 6.02. The molecule has 36 heavy (non-hydrogen) atoms. The maximum Gasteiger partial charge on any atom is 0.270 e. The van der Waals surface area contributed by atoms with E-state index in [4.69, 9.17) is 0 Å². The van der Waals surface area contributed by atoms with E-state index in [1.807, 2.05) is 0 Å². The highest BCUT2D eigenvalue weighted by Gasteiger charge is 2.40. The third-order valence-corrected chi connectivity index (χ3v) is 7.73. The lowest BCUT2D eigenvalue weighted by Crippen LogP contribution is -2.55. The summed E-state index contributed by atoms with van der Waals surface area (Å²) >= 11 is 0. The van der Waals surface area contributed by atoms with E-state index >= 15 is 0 Å². The number of amides is 2. The number of aromatic nitrogens is 2. The number of carbonyl (C=O) groups is 3. The molecule has 3 aliphatic rings. The van der Waals surface area contributed by atoms with Gasteiger partial charge < -0.3 is 5.32 Å². The van der Waals surface area contributed by atoms with Gasteiger partial charge >= 0.3 is 0 Å². The van der Waals surface area contributed by atoms with Crippen molar-refractivity contribution in [2.45, 2.75) is 69.9 Å². The number of carbonyl (C=O) groups excluding carboxylic acids is 3. The first kappa shape index (κ1) is 24.7. The second-order valence-electron chi connectivity index (χ2n) is 10.4. The summed E-state index contributed by atoms with van der Waals surface area (Å²) in [6.45, 7) is 2.66. The molecule has 3 fully saturated rings. The molecule has 1 aromatic heterocycles. The molecule has 2 saturated heterocycles. The average molecular weight is 500 g/mol. The van der Waals surface area contributed by atoms with Crippen LogP contribution < -0.4 is 5.32 Å². The zero-order valence-electron chi connectivity index (χ0n) is 20.4. The van der Waals surface area contributed by atoms with Crippen LogP contribution in [-0.4, -0.2) is 69.1 Å². The SMILES string of the molecule is CC(F)(F)c1ccc2ncnc(NCC(=O)CC3CN(C4CCC(N5C(=O)CCC5=O)CC4)C3)c2c1. The number of benzene rings is 1. The molecule has 192 valence electrons. The van der Waals surface area contributed by atoms with Crippen molar-refractivity contribution in [1.29, 1.82) is 0 Å². The third kappa shape index (κ3) is 5.09. The Morgan fingerprint density at radius 2 is 1.72 bits per heavy atom. The number of likely N-dealkylation sites (tertiary alicyclic amines) is 2. The van der Waals surface area contributed by atoms with E-state index in [0.717, 1.165) is 45.7 Å². The van der Waals surface area contributed by atoms with E-state index in [2.05, 4.69) is 20.2 Å². The van der Waals surface area contributed by atoms with Crippen LogP contribution >= 0.6 is 0 Å². The Morgan fingerprint density at radius 1 is 1.06 bits per heavy atom. The Balaban J connectivity index is 1.08. The van der Waals surface area contributed by atoms with Gasteiger partial charge in [-0.25, -0.2) is 18.7 Å². The fourth-order valence-electron chi connectivity index (χ4n) is 5.77. The quantitative estimate of drug-likeness (QED) is 0.556. The van der Waals surface area contributed by atoms with Gasteiger partial charge in [0.25, 0.3) is 5.92 Å². The molecule has 2 amide bonds. The summed E-state index contributed by atoms with van der Waals surface area (Å²) in [5.41, 5.74) is 0.414. The summed E-state index contributed by atoms with van der Waals surface area (Å²) in [7, 11) is 0. The molecular formula is C26H31F2N5O3. The second-order valence-corrected chi connectivity index (χ2v) is 10.4. The zero-order valence-corrected chi connectivity index (χ0v) is 20.4.